The Bertz CT molecular complexity index is 1680. The topological polar surface area (TPSA) is 83.6 Å². The van der Waals surface area contributed by atoms with Gasteiger partial charge in [0.2, 0.25) is 0 Å². The quantitative estimate of drug-likeness (QED) is 0.212. The number of pyridine rings is 1. The number of hydrogen-bond acceptors (Lipinski definition) is 7. The molecule has 5 atom stereocenters. The number of fused-ring (bicyclic) bond motifs is 4. The number of piperidine rings is 3. The van der Waals surface area contributed by atoms with E-state index in [1.165, 1.54) is 12.1 Å². The first kappa shape index (κ1) is 27.0. The number of nitrogens with zero attached hydrogens (tertiary/aromatic N) is 2. The summed E-state index contributed by atoms with van der Waals surface area (Å²) in [6.07, 6.45) is 1.20. The second-order valence-electron chi connectivity index (χ2n) is 10.8. The van der Waals surface area contributed by atoms with E-state index in [-0.39, 0.29) is 29.1 Å². The maximum atomic E-state index is 13.0. The summed E-state index contributed by atoms with van der Waals surface area (Å²) in [5, 5.41) is 7.14. The molecule has 3 aliphatic rings. The molecule has 41 heavy (non-hydrogen) atoms. The fourth-order valence-corrected chi connectivity index (χ4v) is 6.34. The predicted molar refractivity (Wildman–Crippen MR) is 153 cm³/mol. The van der Waals surface area contributed by atoms with Crippen LogP contribution in [-0.4, -0.2) is 36.1 Å². The Hall–Kier alpha value is -4.18. The van der Waals surface area contributed by atoms with Gasteiger partial charge in [-0.1, -0.05) is 6.08 Å². The summed E-state index contributed by atoms with van der Waals surface area (Å²) >= 11 is 0. The second kappa shape index (κ2) is 10.3. The van der Waals surface area contributed by atoms with Crippen LogP contribution in [0, 0.1) is 11.8 Å². The van der Waals surface area contributed by atoms with Gasteiger partial charge in [-0.25, -0.2) is 0 Å². The molecule has 0 amide bonds. The minimum absolute atomic E-state index is 0.0186. The van der Waals surface area contributed by atoms with Gasteiger partial charge in [0.15, 0.2) is 0 Å². The Morgan fingerprint density at radius 1 is 1.10 bits per heavy atom. The van der Waals surface area contributed by atoms with Gasteiger partial charge in [0, 0.05) is 29.9 Å². The lowest BCUT2D eigenvalue weighted by Crippen LogP contribution is -2.56. The highest BCUT2D eigenvalue weighted by Gasteiger charge is 2.43. The monoisotopic (exact) mass is 562 g/mol. The van der Waals surface area contributed by atoms with Crippen molar-refractivity contribution in [2.45, 2.75) is 31.1 Å². The van der Waals surface area contributed by atoms with E-state index in [0.717, 1.165) is 54.5 Å². The predicted octanol–water partition coefficient (Wildman–Crippen LogP) is 5.65. The molecule has 1 aromatic heterocycles. The fraction of sp³-hybridized carbons (Fsp3) is 0.323. The Morgan fingerprint density at radius 2 is 1.85 bits per heavy atom. The summed E-state index contributed by atoms with van der Waals surface area (Å²) in [5.41, 5.74) is -0.0711. The molecular weight excluding hydrogens is 533 g/mol. The lowest BCUT2D eigenvalue weighted by molar-refractivity contribution is -0.137. The Labute approximate surface area is 234 Å². The number of nitrogens with one attached hydrogen (secondary N) is 2. The molecule has 0 spiro atoms. The maximum absolute atomic E-state index is 13.0. The average Bonchev–Trinajstić information content (AvgIpc) is 3.00. The van der Waals surface area contributed by atoms with Crippen molar-refractivity contribution in [1.82, 2.24) is 9.88 Å². The first-order valence-corrected chi connectivity index (χ1v) is 13.5. The molecule has 4 aromatic rings. The van der Waals surface area contributed by atoms with Gasteiger partial charge in [0.25, 0.3) is 10.9 Å². The van der Waals surface area contributed by atoms with Gasteiger partial charge >= 0.3 is 6.18 Å². The molecule has 0 radical (unpaired) electrons. The first-order chi connectivity index (χ1) is 19.7. The van der Waals surface area contributed by atoms with Gasteiger partial charge < -0.3 is 15.4 Å². The number of anilines is 3. The summed E-state index contributed by atoms with van der Waals surface area (Å²) in [6, 6.07) is 11.5. The fourth-order valence-electron chi connectivity index (χ4n) is 6.34. The minimum Gasteiger partial charge on any atom is -0.497 e. The van der Waals surface area contributed by atoms with Crippen LogP contribution in [0.4, 0.5) is 30.2 Å². The van der Waals surface area contributed by atoms with Crippen molar-refractivity contribution < 1.29 is 17.9 Å². The van der Waals surface area contributed by atoms with E-state index in [1.54, 1.807) is 13.3 Å². The molecule has 3 unspecified atom stereocenters. The van der Waals surface area contributed by atoms with E-state index in [4.69, 9.17) is 4.74 Å². The van der Waals surface area contributed by atoms with Gasteiger partial charge in [0.1, 0.15) is 17.1 Å². The highest BCUT2D eigenvalue weighted by molar-refractivity contribution is 5.85. The molecule has 4 heterocycles. The van der Waals surface area contributed by atoms with Crippen molar-refractivity contribution in [1.29, 1.82) is 0 Å². The number of rotatable bonds is 8. The molecule has 2 N–H and O–H groups in total. The van der Waals surface area contributed by atoms with Crippen molar-refractivity contribution in [2.24, 2.45) is 11.8 Å². The third-order valence-electron chi connectivity index (χ3n) is 8.55. The number of hydrogen-bond donors (Lipinski definition) is 2. The van der Waals surface area contributed by atoms with E-state index in [1.807, 2.05) is 30.3 Å². The number of halogens is 3. The van der Waals surface area contributed by atoms with Crippen LogP contribution in [0.1, 0.15) is 30.0 Å². The Kier molecular flexibility index (Phi) is 6.81. The molecule has 3 aromatic carbocycles. The van der Waals surface area contributed by atoms with E-state index >= 15 is 0 Å². The number of ether oxygens (including phenoxy) is 1. The highest BCUT2D eigenvalue weighted by Crippen LogP contribution is 2.44. The summed E-state index contributed by atoms with van der Waals surface area (Å²) in [6.45, 7) is 5.79. The van der Waals surface area contributed by atoms with Crippen molar-refractivity contribution >= 4 is 28.0 Å². The minimum atomic E-state index is -4.48. The van der Waals surface area contributed by atoms with Crippen LogP contribution in [0.3, 0.4) is 0 Å². The molecule has 2 bridgehead atoms. The summed E-state index contributed by atoms with van der Waals surface area (Å²) in [7, 11) is 1.59. The van der Waals surface area contributed by atoms with Crippen LogP contribution in [0.5, 0.6) is 5.75 Å². The van der Waals surface area contributed by atoms with Crippen LogP contribution in [0.25, 0.3) is 10.9 Å². The maximum Gasteiger partial charge on any atom is 0.416 e. The Balaban J connectivity index is 1.39. The zero-order chi connectivity index (χ0) is 28.9. The Morgan fingerprint density at radius 3 is 2.51 bits per heavy atom. The number of alkyl halides is 3. The largest absolute Gasteiger partial charge is 0.497 e. The molecule has 3 saturated heterocycles. The third kappa shape index (κ3) is 4.86. The SMILES string of the molecule is C=CC1CN2CCC1C[C@H]2[C@@H](Nc1c(Nc2ccc(C(F)(F)F)cc2)c(=O)c1=O)c1ccnc2ccc(OC)cc12. The zero-order valence-corrected chi connectivity index (χ0v) is 22.4. The second-order valence-corrected chi connectivity index (χ2v) is 10.8. The number of benzene rings is 2. The lowest BCUT2D eigenvalue weighted by Gasteiger charge is -2.52. The molecule has 0 saturated carbocycles. The zero-order valence-electron chi connectivity index (χ0n) is 22.4. The summed E-state index contributed by atoms with van der Waals surface area (Å²) < 4.78 is 44.6. The molecule has 10 heteroatoms. The van der Waals surface area contributed by atoms with Gasteiger partial charge in [-0.3, -0.25) is 19.5 Å². The van der Waals surface area contributed by atoms with Crippen LogP contribution in [0.2, 0.25) is 0 Å². The third-order valence-corrected chi connectivity index (χ3v) is 8.55. The molecule has 7 rings (SSSR count). The van der Waals surface area contributed by atoms with E-state index in [9.17, 15) is 22.8 Å². The normalized spacial score (nSPS) is 22.9. The number of aromatic nitrogens is 1. The molecule has 212 valence electrons. The van der Waals surface area contributed by atoms with E-state index in [2.05, 4.69) is 27.1 Å². The van der Waals surface area contributed by atoms with Crippen molar-refractivity contribution in [3.05, 3.63) is 99.0 Å². The van der Waals surface area contributed by atoms with Crippen LogP contribution >= 0.6 is 0 Å². The molecule has 7 nitrogen and oxygen atoms in total. The standard InChI is InChI=1S/C31H29F3N4O3/c1-3-17-16-38-13-11-18(17)14-25(38)26(22-10-12-35-24-9-8-21(41-2)15-23(22)24)37-28-27(29(39)30(28)40)36-20-6-4-19(5-7-20)31(32,33)34/h3-10,12,15,17-18,25-26,36-37H,1,11,13-14,16H2,2H3/t17?,18?,25-,26-/m0/s1. The molecule has 3 fully saturated rings. The van der Waals surface area contributed by atoms with Gasteiger partial charge in [0.05, 0.1) is 24.2 Å². The van der Waals surface area contributed by atoms with Gasteiger partial charge in [-0.2, -0.15) is 13.2 Å². The summed E-state index contributed by atoms with van der Waals surface area (Å²) in [4.78, 5) is 32.5. The van der Waals surface area contributed by atoms with Crippen molar-refractivity contribution in [2.75, 3.05) is 30.8 Å². The van der Waals surface area contributed by atoms with Crippen LogP contribution < -0.4 is 26.2 Å². The first-order valence-electron chi connectivity index (χ1n) is 13.5. The molecule has 0 aliphatic carbocycles. The summed E-state index contributed by atoms with van der Waals surface area (Å²) in [5.74, 6) is 1.51. The van der Waals surface area contributed by atoms with Gasteiger partial charge in [-0.05, 0) is 85.3 Å². The van der Waals surface area contributed by atoms with Crippen molar-refractivity contribution in [3.8, 4) is 5.75 Å². The van der Waals surface area contributed by atoms with E-state index in [0.29, 0.717) is 17.6 Å². The molecular formula is C31H29F3N4O3. The van der Waals surface area contributed by atoms with Gasteiger partial charge in [-0.15, -0.1) is 6.58 Å². The number of methoxy groups -OCH3 is 1. The highest BCUT2D eigenvalue weighted by atomic mass is 19.4. The molecule has 3 aliphatic heterocycles. The van der Waals surface area contributed by atoms with Crippen LogP contribution in [-0.2, 0) is 6.18 Å². The smallest absolute Gasteiger partial charge is 0.416 e. The van der Waals surface area contributed by atoms with Crippen LogP contribution in [0.15, 0.2) is 77.0 Å². The lowest BCUT2D eigenvalue weighted by atomic mass is 9.73. The average molecular weight is 563 g/mol. The van der Waals surface area contributed by atoms with Crippen molar-refractivity contribution in [3.63, 3.8) is 0 Å². The van der Waals surface area contributed by atoms with E-state index < -0.39 is 22.6 Å².